The zero-order valence-electron chi connectivity index (χ0n) is 23.7. The molecule has 0 unspecified atom stereocenters. The van der Waals surface area contributed by atoms with Crippen LogP contribution in [0.25, 0.3) is 17.0 Å². The van der Waals surface area contributed by atoms with Gasteiger partial charge in [-0.3, -0.25) is 0 Å². The van der Waals surface area contributed by atoms with Crippen LogP contribution in [0.1, 0.15) is 44.3 Å². The molecule has 10 heteroatoms. The van der Waals surface area contributed by atoms with Crippen LogP contribution in [-0.2, 0) is 18.8 Å². The third-order valence-corrected chi connectivity index (χ3v) is 4.05. The number of hydrogen-bond donors (Lipinski definition) is 1. The van der Waals surface area contributed by atoms with E-state index in [1.807, 2.05) is 0 Å². The number of hydrogen-bond acceptors (Lipinski definition) is 7. The van der Waals surface area contributed by atoms with E-state index in [9.17, 15) is 9.50 Å². The van der Waals surface area contributed by atoms with Crippen LogP contribution in [0.15, 0.2) is 36.7 Å². The molecule has 1 N–H and O–H groups in total. The lowest BCUT2D eigenvalue weighted by atomic mass is 10.0. The van der Waals surface area contributed by atoms with Crippen molar-refractivity contribution in [2.24, 2.45) is 0 Å². The molecule has 0 atom stereocenters. The third-order valence-electron chi connectivity index (χ3n) is 4.05. The van der Waals surface area contributed by atoms with Gasteiger partial charge in [-0.1, -0.05) is 12.1 Å². The first-order valence-electron chi connectivity index (χ1n) is 12.8. The highest BCUT2D eigenvalue weighted by Crippen LogP contribution is 2.31. The van der Waals surface area contributed by atoms with Crippen LogP contribution in [-0.4, -0.2) is 39.7 Å². The second kappa shape index (κ2) is 7.21. The minimum Gasteiger partial charge on any atom is -0.468 e. The molecule has 3 aromatic heterocycles. The van der Waals surface area contributed by atoms with E-state index >= 15 is 0 Å². The van der Waals surface area contributed by atoms with Gasteiger partial charge in [-0.2, -0.15) is 9.61 Å². The molecule has 0 aliphatic carbocycles. The van der Waals surface area contributed by atoms with Crippen molar-refractivity contribution in [1.82, 2.24) is 34.6 Å². The number of halogens is 1. The molecule has 1 aromatic carbocycles. The molecule has 0 amide bonds. The Kier molecular flexibility index (Phi) is 2.72. The fourth-order valence-corrected chi connectivity index (χ4v) is 2.66. The summed E-state index contributed by atoms with van der Waals surface area (Å²) in [5.74, 6) is -1.48. The largest absolute Gasteiger partial charge is 0.468 e. The summed E-state index contributed by atoms with van der Waals surface area (Å²) in [6.45, 7) is -10.5. The van der Waals surface area contributed by atoms with Crippen molar-refractivity contribution >= 4 is 5.65 Å². The van der Waals surface area contributed by atoms with Gasteiger partial charge >= 0.3 is 0 Å². The Morgan fingerprint density at radius 3 is 2.93 bits per heavy atom. The highest BCUT2D eigenvalue weighted by atomic mass is 19.1. The molecule has 0 aliphatic rings. The summed E-state index contributed by atoms with van der Waals surface area (Å²) in [4.78, 5) is 3.92. The monoisotopic (exact) mass is 406 g/mol. The van der Waals surface area contributed by atoms with E-state index in [1.54, 1.807) is 0 Å². The van der Waals surface area contributed by atoms with E-state index in [2.05, 4.69) is 25.4 Å². The molecule has 9 nitrogen and oxygen atoms in total. The number of aromatic nitrogens is 7. The zero-order chi connectivity index (χ0) is 28.1. The lowest BCUT2D eigenvalue weighted by Crippen LogP contribution is -2.20. The maximum atomic E-state index is 14.5. The molecule has 0 radical (unpaired) electrons. The summed E-state index contributed by atoms with van der Waals surface area (Å²) in [5.41, 5.74) is -4.46. The Morgan fingerprint density at radius 2 is 2.14 bits per heavy atom. The molecular weight excluding hydrogens is 377 g/mol. The Morgan fingerprint density at radius 1 is 1.28 bits per heavy atom. The number of benzene rings is 1. The summed E-state index contributed by atoms with van der Waals surface area (Å²) < 4.78 is 91.3. The van der Waals surface area contributed by atoms with Gasteiger partial charge in [0.05, 0.1) is 16.7 Å². The van der Waals surface area contributed by atoms with Crippen molar-refractivity contribution in [3.8, 4) is 17.3 Å². The minimum absolute atomic E-state index is 0.0154. The molecule has 0 saturated carbocycles. The van der Waals surface area contributed by atoms with E-state index in [-0.39, 0.29) is 22.9 Å². The van der Waals surface area contributed by atoms with Crippen molar-refractivity contribution in [2.45, 2.75) is 39.3 Å². The number of fused-ring (bicyclic) bond motifs is 1. The molecule has 150 valence electrons. The molecular formula is C19H20FN7O2. The predicted molar refractivity (Wildman–Crippen MR) is 101 cm³/mol. The van der Waals surface area contributed by atoms with Crippen molar-refractivity contribution in [3.05, 3.63) is 53.9 Å². The van der Waals surface area contributed by atoms with E-state index in [0.29, 0.717) is 0 Å². The third kappa shape index (κ3) is 3.54. The van der Waals surface area contributed by atoms with Gasteiger partial charge in [0.15, 0.2) is 17.3 Å². The van der Waals surface area contributed by atoms with Crippen molar-refractivity contribution in [1.29, 1.82) is 0 Å². The van der Waals surface area contributed by atoms with Gasteiger partial charge in [0.1, 0.15) is 18.8 Å². The average Bonchev–Trinajstić information content (AvgIpc) is 3.40. The summed E-state index contributed by atoms with van der Waals surface area (Å²) >= 11 is 0. The molecule has 4 aromatic rings. The van der Waals surface area contributed by atoms with Gasteiger partial charge in [0.2, 0.25) is 5.88 Å². The number of rotatable bonds is 6. The lowest BCUT2D eigenvalue weighted by molar-refractivity contribution is 0.0729. The molecule has 29 heavy (non-hydrogen) atoms. The minimum atomic E-state index is -3.49. The predicted octanol–water partition coefficient (Wildman–Crippen LogP) is 2.35. The SMILES string of the molecule is [2H]C([2H])([2H])Cn1ncnc1COc1nn2c(-c3ccccc3F)nnc2cc1C(O)(C([2H])([2H])[2H])C([2H])([2H])[2H]. The van der Waals surface area contributed by atoms with Crippen LogP contribution >= 0.6 is 0 Å². The Balaban J connectivity index is 1.89. The van der Waals surface area contributed by atoms with Gasteiger partial charge in [0.25, 0.3) is 0 Å². The van der Waals surface area contributed by atoms with Crippen molar-refractivity contribution in [2.75, 3.05) is 0 Å². The summed E-state index contributed by atoms with van der Waals surface area (Å²) in [5, 5.41) is 26.8. The van der Waals surface area contributed by atoms with Gasteiger partial charge in [-0.15, -0.1) is 15.3 Å². The van der Waals surface area contributed by atoms with Crippen LogP contribution in [0.5, 0.6) is 5.88 Å². The highest BCUT2D eigenvalue weighted by Gasteiger charge is 2.26. The van der Waals surface area contributed by atoms with E-state index in [1.165, 1.54) is 24.3 Å². The number of ether oxygens (including phenoxy) is 1. The van der Waals surface area contributed by atoms with Crippen LogP contribution in [0.4, 0.5) is 4.39 Å². The standard InChI is InChI=1S/C19H20FN7O2/c1-4-26-16(21-11-22-26)10-29-18-13(19(2,3)28)9-15-23-24-17(27(15)25-18)12-7-5-6-8-14(12)20/h5-9,11,28H,4,10H2,1-3H3/i1D3,2D3,3D3. The lowest BCUT2D eigenvalue weighted by Gasteiger charge is -2.20. The Bertz CT molecular complexity index is 1450. The van der Waals surface area contributed by atoms with Crippen LogP contribution in [0.2, 0.25) is 0 Å². The quantitative estimate of drug-likeness (QED) is 0.524. The van der Waals surface area contributed by atoms with Crippen molar-refractivity contribution in [3.63, 3.8) is 0 Å². The summed E-state index contributed by atoms with van der Waals surface area (Å²) in [7, 11) is 0. The number of nitrogens with zero attached hydrogens (tertiary/aromatic N) is 7. The summed E-state index contributed by atoms with van der Waals surface area (Å²) in [6, 6.07) is 6.46. The van der Waals surface area contributed by atoms with Gasteiger partial charge in [-0.25, -0.2) is 14.1 Å². The maximum absolute atomic E-state index is 14.5. The first kappa shape index (κ1) is 11.0. The fourth-order valence-electron chi connectivity index (χ4n) is 2.66. The second-order valence-corrected chi connectivity index (χ2v) is 5.97. The first-order valence-corrected chi connectivity index (χ1v) is 8.27. The highest BCUT2D eigenvalue weighted by molar-refractivity contribution is 5.60. The molecule has 0 aliphatic heterocycles. The van der Waals surface area contributed by atoms with Crippen LogP contribution in [0, 0.1) is 5.82 Å². The topological polar surface area (TPSA) is 103 Å². The fraction of sp³-hybridized carbons (Fsp3) is 0.316. The maximum Gasteiger partial charge on any atom is 0.238 e. The average molecular weight is 406 g/mol. The summed E-state index contributed by atoms with van der Waals surface area (Å²) in [6.07, 6.45) is 1.07. The molecule has 3 heterocycles. The van der Waals surface area contributed by atoms with Crippen molar-refractivity contribution < 1.29 is 26.6 Å². The first-order chi connectivity index (χ1) is 17.5. The smallest absolute Gasteiger partial charge is 0.238 e. The normalized spacial score (nSPS) is 17.8. The van der Waals surface area contributed by atoms with Crippen LogP contribution in [0.3, 0.4) is 0 Å². The Labute approximate surface area is 178 Å². The molecule has 0 saturated heterocycles. The molecule has 0 fully saturated rings. The molecule has 0 spiro atoms. The van der Waals surface area contributed by atoms with E-state index in [0.717, 1.165) is 21.6 Å². The van der Waals surface area contributed by atoms with E-state index < -0.39 is 56.6 Å². The Hall–Kier alpha value is -3.40. The molecule has 4 rings (SSSR count). The number of aryl methyl sites for hydroxylation is 1. The number of aliphatic hydroxyl groups is 1. The second-order valence-electron chi connectivity index (χ2n) is 5.97. The van der Waals surface area contributed by atoms with E-state index in [4.69, 9.17) is 17.1 Å². The molecule has 0 bridgehead atoms. The zero-order valence-corrected chi connectivity index (χ0v) is 14.7. The van der Waals surface area contributed by atoms with Gasteiger partial charge < -0.3 is 9.84 Å². The van der Waals surface area contributed by atoms with Gasteiger partial charge in [-0.05, 0) is 38.8 Å². The van der Waals surface area contributed by atoms with Crippen LogP contribution < -0.4 is 4.74 Å². The van der Waals surface area contributed by atoms with Gasteiger partial charge in [0, 0.05) is 18.9 Å².